The molecule has 0 unspecified atom stereocenters. The number of rotatable bonds is 11. The third-order valence-corrected chi connectivity index (χ3v) is 6.37. The standard InChI is InChI=1S/C30H29FO7S/c1-20-25(17-28(35-3)29(30(20)38-39(4,32)33)22-10-13-24(31)14-11-22)23-12-15-26(27(16-23)37-19-34-2)36-18-21-8-6-5-7-9-21/h5-17H,18-19H2,1-4H3. The van der Waals surface area contributed by atoms with E-state index in [1.54, 1.807) is 25.1 Å². The third kappa shape index (κ3) is 6.87. The summed E-state index contributed by atoms with van der Waals surface area (Å²) in [6.45, 7) is 2.09. The van der Waals surface area contributed by atoms with Gasteiger partial charge in [0.2, 0.25) is 0 Å². The molecule has 0 saturated carbocycles. The molecule has 0 N–H and O–H groups in total. The molecule has 0 spiro atoms. The maximum Gasteiger partial charge on any atom is 0.306 e. The maximum atomic E-state index is 13.6. The smallest absolute Gasteiger partial charge is 0.306 e. The average molecular weight is 553 g/mol. The number of hydrogen-bond donors (Lipinski definition) is 0. The summed E-state index contributed by atoms with van der Waals surface area (Å²) < 4.78 is 66.3. The minimum absolute atomic E-state index is 0.000598. The van der Waals surface area contributed by atoms with Crippen LogP contribution in [-0.2, 0) is 21.5 Å². The van der Waals surface area contributed by atoms with Gasteiger partial charge in [-0.25, -0.2) is 4.39 Å². The van der Waals surface area contributed by atoms with Gasteiger partial charge in [0, 0.05) is 12.7 Å². The number of ether oxygens (including phenoxy) is 4. The van der Waals surface area contributed by atoms with Gasteiger partial charge in [-0.3, -0.25) is 0 Å². The van der Waals surface area contributed by atoms with Crippen LogP contribution in [0.4, 0.5) is 4.39 Å². The lowest BCUT2D eigenvalue weighted by atomic mass is 9.93. The average Bonchev–Trinajstić information content (AvgIpc) is 2.92. The minimum atomic E-state index is -3.91. The van der Waals surface area contributed by atoms with Gasteiger partial charge in [0.05, 0.1) is 18.9 Å². The molecule has 0 heterocycles. The Hall–Kier alpha value is -4.08. The predicted octanol–water partition coefficient (Wildman–Crippen LogP) is 6.38. The number of halogens is 1. The van der Waals surface area contributed by atoms with Gasteiger partial charge in [0.25, 0.3) is 0 Å². The van der Waals surface area contributed by atoms with Gasteiger partial charge in [0.1, 0.15) is 18.2 Å². The van der Waals surface area contributed by atoms with Gasteiger partial charge in [-0.1, -0.05) is 48.5 Å². The van der Waals surface area contributed by atoms with Crippen molar-refractivity contribution < 1.29 is 35.9 Å². The third-order valence-electron chi connectivity index (χ3n) is 5.91. The number of methoxy groups -OCH3 is 2. The Morgan fingerprint density at radius 1 is 0.795 bits per heavy atom. The molecule has 0 radical (unpaired) electrons. The highest BCUT2D eigenvalue weighted by Crippen LogP contribution is 2.47. The Bertz CT molecular complexity index is 1540. The van der Waals surface area contributed by atoms with Crippen molar-refractivity contribution in [1.29, 1.82) is 0 Å². The summed E-state index contributed by atoms with van der Waals surface area (Å²) >= 11 is 0. The Kier molecular flexibility index (Phi) is 8.73. The van der Waals surface area contributed by atoms with Gasteiger partial charge in [0.15, 0.2) is 24.0 Å². The van der Waals surface area contributed by atoms with Crippen LogP contribution in [0.5, 0.6) is 23.0 Å². The molecule has 0 fully saturated rings. The normalized spacial score (nSPS) is 11.2. The lowest BCUT2D eigenvalue weighted by molar-refractivity contribution is 0.0484. The van der Waals surface area contributed by atoms with Crippen molar-refractivity contribution in [2.24, 2.45) is 0 Å². The van der Waals surface area contributed by atoms with Gasteiger partial charge < -0.3 is 23.1 Å². The van der Waals surface area contributed by atoms with E-state index in [9.17, 15) is 12.8 Å². The Morgan fingerprint density at radius 2 is 1.49 bits per heavy atom. The lowest BCUT2D eigenvalue weighted by Crippen LogP contribution is -2.09. The van der Waals surface area contributed by atoms with Crippen LogP contribution in [0.25, 0.3) is 22.3 Å². The second kappa shape index (κ2) is 12.2. The van der Waals surface area contributed by atoms with Crippen LogP contribution in [0.2, 0.25) is 0 Å². The minimum Gasteiger partial charge on any atom is -0.496 e. The van der Waals surface area contributed by atoms with E-state index >= 15 is 0 Å². The maximum absolute atomic E-state index is 13.6. The molecule has 0 amide bonds. The van der Waals surface area contributed by atoms with E-state index < -0.39 is 15.9 Å². The first-order valence-electron chi connectivity index (χ1n) is 12.0. The molecule has 4 rings (SSSR count). The van der Waals surface area contributed by atoms with Crippen LogP contribution < -0.4 is 18.4 Å². The zero-order valence-electron chi connectivity index (χ0n) is 22.1. The summed E-state index contributed by atoms with van der Waals surface area (Å²) in [5.41, 5.74) is 3.81. The SMILES string of the molecule is COCOc1cc(-c2cc(OC)c(-c3ccc(F)cc3)c(OS(C)(=O)=O)c2C)ccc1OCc1ccccc1. The molecular formula is C30H29FO7S. The molecule has 39 heavy (non-hydrogen) atoms. The highest BCUT2D eigenvalue weighted by molar-refractivity contribution is 7.86. The second-order valence-electron chi connectivity index (χ2n) is 8.74. The summed E-state index contributed by atoms with van der Waals surface area (Å²) in [5.74, 6) is 0.971. The van der Waals surface area contributed by atoms with E-state index in [2.05, 4.69) is 0 Å². The van der Waals surface area contributed by atoms with E-state index in [1.807, 2.05) is 36.4 Å². The Labute approximate surface area is 227 Å². The first-order valence-corrected chi connectivity index (χ1v) is 13.8. The van der Waals surface area contributed by atoms with Crippen LogP contribution in [0.15, 0.2) is 78.9 Å². The van der Waals surface area contributed by atoms with E-state index in [4.69, 9.17) is 23.1 Å². The number of benzene rings is 4. The largest absolute Gasteiger partial charge is 0.496 e. The molecule has 0 aliphatic rings. The van der Waals surface area contributed by atoms with E-state index in [1.165, 1.54) is 38.5 Å². The molecule has 0 aromatic heterocycles. The molecule has 0 atom stereocenters. The summed E-state index contributed by atoms with van der Waals surface area (Å²) in [7, 11) is -0.922. The topological polar surface area (TPSA) is 80.3 Å². The summed E-state index contributed by atoms with van der Waals surface area (Å²) in [6, 6.07) is 22.6. The van der Waals surface area contributed by atoms with Crippen molar-refractivity contribution in [2.45, 2.75) is 13.5 Å². The first kappa shape index (κ1) is 27.9. The highest BCUT2D eigenvalue weighted by atomic mass is 32.2. The molecule has 4 aromatic carbocycles. The van der Waals surface area contributed by atoms with Crippen LogP contribution in [0, 0.1) is 12.7 Å². The van der Waals surface area contributed by atoms with E-state index in [-0.39, 0.29) is 12.5 Å². The zero-order chi connectivity index (χ0) is 28.0. The van der Waals surface area contributed by atoms with Gasteiger partial charge in [-0.15, -0.1) is 0 Å². The number of hydrogen-bond acceptors (Lipinski definition) is 7. The predicted molar refractivity (Wildman–Crippen MR) is 147 cm³/mol. The summed E-state index contributed by atoms with van der Waals surface area (Å²) in [6.07, 6.45) is 0.968. The summed E-state index contributed by atoms with van der Waals surface area (Å²) in [4.78, 5) is 0. The lowest BCUT2D eigenvalue weighted by Gasteiger charge is -2.20. The first-order chi connectivity index (χ1) is 18.7. The van der Waals surface area contributed by atoms with Gasteiger partial charge in [-0.05, 0) is 59.5 Å². The quantitative estimate of drug-likeness (QED) is 0.158. The fourth-order valence-electron chi connectivity index (χ4n) is 4.10. The molecular weight excluding hydrogens is 523 g/mol. The van der Waals surface area contributed by atoms with E-state index in [0.29, 0.717) is 51.7 Å². The van der Waals surface area contributed by atoms with Crippen molar-refractivity contribution in [3.63, 3.8) is 0 Å². The van der Waals surface area contributed by atoms with Crippen molar-refractivity contribution >= 4 is 10.1 Å². The molecule has 9 heteroatoms. The van der Waals surface area contributed by atoms with Crippen LogP contribution in [0.3, 0.4) is 0 Å². The monoisotopic (exact) mass is 552 g/mol. The second-order valence-corrected chi connectivity index (χ2v) is 10.3. The zero-order valence-corrected chi connectivity index (χ0v) is 22.9. The fraction of sp³-hybridized carbons (Fsp3) is 0.200. The van der Waals surface area contributed by atoms with Crippen LogP contribution in [0.1, 0.15) is 11.1 Å². The summed E-state index contributed by atoms with van der Waals surface area (Å²) in [5, 5.41) is 0. The molecule has 7 nitrogen and oxygen atoms in total. The Morgan fingerprint density at radius 3 is 2.13 bits per heavy atom. The fourth-order valence-corrected chi connectivity index (χ4v) is 4.62. The Balaban J connectivity index is 1.83. The molecule has 0 aliphatic carbocycles. The van der Waals surface area contributed by atoms with Crippen molar-refractivity contribution in [3.8, 4) is 45.3 Å². The van der Waals surface area contributed by atoms with Crippen molar-refractivity contribution in [2.75, 3.05) is 27.3 Å². The molecule has 0 saturated heterocycles. The van der Waals surface area contributed by atoms with Gasteiger partial charge >= 0.3 is 10.1 Å². The highest BCUT2D eigenvalue weighted by Gasteiger charge is 2.24. The van der Waals surface area contributed by atoms with Crippen molar-refractivity contribution in [3.05, 3.63) is 95.8 Å². The molecule has 4 aromatic rings. The van der Waals surface area contributed by atoms with E-state index in [0.717, 1.165) is 11.8 Å². The molecule has 0 bridgehead atoms. The van der Waals surface area contributed by atoms with Crippen LogP contribution in [-0.4, -0.2) is 35.7 Å². The van der Waals surface area contributed by atoms with Gasteiger partial charge in [-0.2, -0.15) is 8.42 Å². The molecule has 204 valence electrons. The van der Waals surface area contributed by atoms with Crippen LogP contribution >= 0.6 is 0 Å². The molecule has 0 aliphatic heterocycles. The van der Waals surface area contributed by atoms with Crippen molar-refractivity contribution in [1.82, 2.24) is 0 Å².